The summed E-state index contributed by atoms with van der Waals surface area (Å²) < 4.78 is 1.69. The number of aromatic nitrogens is 2. The van der Waals surface area contributed by atoms with Crippen molar-refractivity contribution in [2.75, 3.05) is 27.2 Å². The number of hydrogen-bond donors (Lipinski definition) is 1. The SMILES string of the molecule is Cc1c(C(O)=C2C(=O)C(=O)N(CCN(C)C)[C@H]2c2cccc(Cl)c2)cnn1-c1ccccc1. The molecule has 4 rings (SSSR count). The normalized spacial score (nSPS) is 17.8. The van der Waals surface area contributed by atoms with Crippen molar-refractivity contribution < 1.29 is 14.7 Å². The number of amides is 1. The Morgan fingerprint density at radius 2 is 1.85 bits per heavy atom. The predicted molar refractivity (Wildman–Crippen MR) is 127 cm³/mol. The minimum atomic E-state index is -0.747. The molecule has 2 aromatic carbocycles. The molecule has 1 aliphatic heterocycles. The molecule has 0 bridgehead atoms. The van der Waals surface area contributed by atoms with E-state index < -0.39 is 17.7 Å². The largest absolute Gasteiger partial charge is 0.507 e. The molecule has 1 aromatic heterocycles. The third-order valence-corrected chi connectivity index (χ3v) is 5.99. The van der Waals surface area contributed by atoms with Crippen molar-refractivity contribution in [1.29, 1.82) is 0 Å². The number of likely N-dealkylation sites (N-methyl/N-ethyl adjacent to an activating group) is 1. The van der Waals surface area contributed by atoms with E-state index in [1.165, 1.54) is 11.1 Å². The number of hydrogen-bond acceptors (Lipinski definition) is 5. The van der Waals surface area contributed by atoms with Gasteiger partial charge in [-0.1, -0.05) is 41.9 Å². The third-order valence-electron chi connectivity index (χ3n) is 5.76. The lowest BCUT2D eigenvalue weighted by Crippen LogP contribution is -2.35. The van der Waals surface area contributed by atoms with Crippen molar-refractivity contribution in [1.82, 2.24) is 19.6 Å². The number of halogens is 1. The highest BCUT2D eigenvalue weighted by Crippen LogP contribution is 2.40. The molecule has 0 spiro atoms. The molecular weight excluding hydrogens is 440 g/mol. The molecule has 1 fully saturated rings. The maximum atomic E-state index is 13.1. The second-order valence-corrected chi connectivity index (χ2v) is 8.68. The quantitative estimate of drug-likeness (QED) is 0.341. The van der Waals surface area contributed by atoms with E-state index in [1.54, 1.807) is 28.9 Å². The van der Waals surface area contributed by atoms with E-state index in [0.29, 0.717) is 34.9 Å². The van der Waals surface area contributed by atoms with Crippen LogP contribution in [0, 0.1) is 6.92 Å². The fourth-order valence-electron chi connectivity index (χ4n) is 4.06. The van der Waals surface area contributed by atoms with Gasteiger partial charge < -0.3 is 14.9 Å². The number of aliphatic hydroxyl groups is 1. The van der Waals surface area contributed by atoms with Crippen LogP contribution in [0.1, 0.15) is 22.9 Å². The number of para-hydroxylation sites is 1. The van der Waals surface area contributed by atoms with Crippen molar-refractivity contribution in [2.24, 2.45) is 0 Å². The predicted octanol–water partition coefficient (Wildman–Crippen LogP) is 3.82. The number of ketones is 1. The summed E-state index contributed by atoms with van der Waals surface area (Å²) in [5.41, 5.74) is 2.58. The van der Waals surface area contributed by atoms with Crippen molar-refractivity contribution >= 4 is 29.1 Å². The fourth-order valence-corrected chi connectivity index (χ4v) is 4.26. The highest BCUT2D eigenvalue weighted by atomic mass is 35.5. The molecule has 3 aromatic rings. The van der Waals surface area contributed by atoms with Gasteiger partial charge in [0.2, 0.25) is 0 Å². The van der Waals surface area contributed by atoms with Crippen molar-refractivity contribution in [3.05, 3.63) is 88.2 Å². The van der Waals surface area contributed by atoms with Gasteiger partial charge in [-0.05, 0) is 50.8 Å². The minimum absolute atomic E-state index is 0.0386. The van der Waals surface area contributed by atoms with Crippen LogP contribution >= 0.6 is 11.6 Å². The zero-order valence-corrected chi connectivity index (χ0v) is 19.5. The first-order valence-electron chi connectivity index (χ1n) is 10.6. The van der Waals surface area contributed by atoms with Crippen LogP contribution in [-0.4, -0.2) is 63.6 Å². The van der Waals surface area contributed by atoms with Gasteiger partial charge in [0.15, 0.2) is 0 Å². The van der Waals surface area contributed by atoms with Gasteiger partial charge in [-0.25, -0.2) is 4.68 Å². The second-order valence-electron chi connectivity index (χ2n) is 8.24. The Balaban J connectivity index is 1.85. The Kier molecular flexibility index (Phi) is 6.35. The van der Waals surface area contributed by atoms with Gasteiger partial charge in [0.25, 0.3) is 11.7 Å². The smallest absolute Gasteiger partial charge is 0.295 e. The van der Waals surface area contributed by atoms with Gasteiger partial charge in [-0.3, -0.25) is 9.59 Å². The Morgan fingerprint density at radius 3 is 2.52 bits per heavy atom. The molecule has 1 atom stereocenters. The van der Waals surface area contributed by atoms with Gasteiger partial charge in [0.1, 0.15) is 5.76 Å². The molecule has 1 N–H and O–H groups in total. The first kappa shape index (κ1) is 22.8. The van der Waals surface area contributed by atoms with Crippen LogP contribution in [0.4, 0.5) is 0 Å². The van der Waals surface area contributed by atoms with Gasteiger partial charge in [0, 0.05) is 18.1 Å². The number of nitrogens with zero attached hydrogens (tertiary/aromatic N) is 4. The first-order chi connectivity index (χ1) is 15.8. The Morgan fingerprint density at radius 1 is 1.12 bits per heavy atom. The molecule has 0 aliphatic carbocycles. The number of carbonyl (C=O) groups excluding carboxylic acids is 2. The molecule has 8 heteroatoms. The molecule has 33 heavy (non-hydrogen) atoms. The molecule has 2 heterocycles. The molecule has 170 valence electrons. The summed E-state index contributed by atoms with van der Waals surface area (Å²) in [6.45, 7) is 2.70. The summed E-state index contributed by atoms with van der Waals surface area (Å²) in [5, 5.41) is 16.2. The topological polar surface area (TPSA) is 78.7 Å². The van der Waals surface area contributed by atoms with Crippen LogP contribution in [-0.2, 0) is 9.59 Å². The minimum Gasteiger partial charge on any atom is -0.507 e. The van der Waals surface area contributed by atoms with Gasteiger partial charge in [-0.2, -0.15) is 5.10 Å². The number of rotatable bonds is 6. The van der Waals surface area contributed by atoms with Crippen molar-refractivity contribution in [3.8, 4) is 5.69 Å². The second kappa shape index (κ2) is 9.21. The van der Waals surface area contributed by atoms with Crippen LogP contribution in [0.25, 0.3) is 11.4 Å². The summed E-state index contributed by atoms with van der Waals surface area (Å²) in [7, 11) is 3.79. The van der Waals surface area contributed by atoms with E-state index >= 15 is 0 Å². The molecule has 1 aliphatic rings. The monoisotopic (exact) mass is 464 g/mol. The summed E-state index contributed by atoms with van der Waals surface area (Å²) in [6, 6.07) is 15.8. The van der Waals surface area contributed by atoms with Gasteiger partial charge in [0.05, 0.1) is 34.8 Å². The maximum absolute atomic E-state index is 13.1. The standard InChI is InChI=1S/C25H25ClN4O3/c1-16-20(15-27-30(16)19-10-5-4-6-11-19)23(31)21-22(17-8-7-9-18(26)14-17)29(13-12-28(2)3)25(33)24(21)32/h4-11,14-15,22,31H,12-13H2,1-3H3/t22-/m0/s1. The number of likely N-dealkylation sites (tertiary alicyclic amines) is 1. The third kappa shape index (κ3) is 4.29. The molecular formula is C25H25ClN4O3. The van der Waals surface area contributed by atoms with Crippen molar-refractivity contribution in [2.45, 2.75) is 13.0 Å². The van der Waals surface area contributed by atoms with Gasteiger partial charge >= 0.3 is 0 Å². The van der Waals surface area contributed by atoms with Crippen LogP contribution in [0.3, 0.4) is 0 Å². The zero-order chi connectivity index (χ0) is 23.7. The molecule has 7 nitrogen and oxygen atoms in total. The number of benzene rings is 2. The summed E-state index contributed by atoms with van der Waals surface area (Å²) in [6.07, 6.45) is 1.51. The number of carbonyl (C=O) groups is 2. The van der Waals surface area contributed by atoms with E-state index in [4.69, 9.17) is 11.6 Å². The molecule has 0 radical (unpaired) electrons. The fraction of sp³-hybridized carbons (Fsp3) is 0.240. The molecule has 1 amide bonds. The maximum Gasteiger partial charge on any atom is 0.295 e. The Labute approximate surface area is 197 Å². The number of Topliss-reactive ketones (excluding diaryl/α,β-unsaturated/α-hetero) is 1. The van der Waals surface area contributed by atoms with E-state index in [-0.39, 0.29) is 11.3 Å². The summed E-state index contributed by atoms with van der Waals surface area (Å²) in [4.78, 5) is 29.6. The zero-order valence-electron chi connectivity index (χ0n) is 18.7. The average molecular weight is 465 g/mol. The number of aliphatic hydroxyl groups excluding tert-OH is 1. The molecule has 1 saturated heterocycles. The van der Waals surface area contributed by atoms with Crippen LogP contribution in [0.5, 0.6) is 0 Å². The first-order valence-corrected chi connectivity index (χ1v) is 11.0. The highest BCUT2D eigenvalue weighted by molar-refractivity contribution is 6.46. The lowest BCUT2D eigenvalue weighted by atomic mass is 9.95. The molecule has 0 saturated carbocycles. The van der Waals surface area contributed by atoms with Crippen LogP contribution < -0.4 is 0 Å². The average Bonchev–Trinajstić information content (AvgIpc) is 3.30. The lowest BCUT2D eigenvalue weighted by Gasteiger charge is -2.26. The summed E-state index contributed by atoms with van der Waals surface area (Å²) >= 11 is 6.22. The van der Waals surface area contributed by atoms with Crippen molar-refractivity contribution in [3.63, 3.8) is 0 Å². The van der Waals surface area contributed by atoms with E-state index in [0.717, 1.165) is 5.69 Å². The summed E-state index contributed by atoms with van der Waals surface area (Å²) in [5.74, 6) is -1.61. The van der Waals surface area contributed by atoms with E-state index in [1.807, 2.05) is 56.3 Å². The Bertz CT molecular complexity index is 1230. The Hall–Kier alpha value is -3.42. The lowest BCUT2D eigenvalue weighted by molar-refractivity contribution is -0.140. The highest BCUT2D eigenvalue weighted by Gasteiger charge is 2.46. The van der Waals surface area contributed by atoms with E-state index in [2.05, 4.69) is 5.10 Å². The van der Waals surface area contributed by atoms with Crippen LogP contribution in [0.2, 0.25) is 5.02 Å². The molecule has 0 unspecified atom stereocenters. The van der Waals surface area contributed by atoms with Crippen LogP contribution in [0.15, 0.2) is 66.4 Å². The van der Waals surface area contributed by atoms with E-state index in [9.17, 15) is 14.7 Å². The van der Waals surface area contributed by atoms with Gasteiger partial charge in [-0.15, -0.1) is 0 Å².